The summed E-state index contributed by atoms with van der Waals surface area (Å²) in [7, 11) is 0. The molecule has 1 aromatic heterocycles. The van der Waals surface area contributed by atoms with E-state index in [0.717, 1.165) is 11.3 Å². The summed E-state index contributed by atoms with van der Waals surface area (Å²) in [6.45, 7) is 0. The number of thioether (sulfide) groups is 1. The van der Waals surface area contributed by atoms with Gasteiger partial charge in [0.1, 0.15) is 0 Å². The summed E-state index contributed by atoms with van der Waals surface area (Å²) in [5, 5.41) is 10.1. The Kier molecular flexibility index (Phi) is 4.80. The van der Waals surface area contributed by atoms with Crippen LogP contribution in [0.15, 0.2) is 59.5 Å². The number of hydrogen-bond donors (Lipinski definition) is 2. The van der Waals surface area contributed by atoms with E-state index in [2.05, 4.69) is 46.0 Å². The Balaban J connectivity index is 1.46. The van der Waals surface area contributed by atoms with E-state index in [1.54, 1.807) is 11.8 Å². The Bertz CT molecular complexity index is 916. The first-order valence-corrected chi connectivity index (χ1v) is 10.0. The highest BCUT2D eigenvalue weighted by Crippen LogP contribution is 2.39. The molecule has 1 saturated carbocycles. The second kappa shape index (κ2) is 7.38. The minimum absolute atomic E-state index is 0.0432. The average Bonchev–Trinajstić information content (AvgIpc) is 3.42. The first kappa shape index (κ1) is 16.9. The topological polar surface area (TPSA) is 57.8 Å². The zero-order valence-electron chi connectivity index (χ0n) is 14.7. The molecule has 0 radical (unpaired) electrons. The number of carbonyl (C=O) groups is 1. The molecule has 3 aromatic rings. The van der Waals surface area contributed by atoms with Gasteiger partial charge in [0, 0.05) is 22.6 Å². The number of aromatic amines is 1. The van der Waals surface area contributed by atoms with Crippen molar-refractivity contribution in [1.29, 1.82) is 0 Å². The summed E-state index contributed by atoms with van der Waals surface area (Å²) in [4.78, 5) is 13.5. The molecule has 132 valence electrons. The number of H-pyrrole nitrogens is 1. The van der Waals surface area contributed by atoms with Crippen LogP contribution in [0.4, 0.5) is 5.82 Å². The maximum absolute atomic E-state index is 12.4. The van der Waals surface area contributed by atoms with Gasteiger partial charge in [0.2, 0.25) is 5.91 Å². The zero-order valence-corrected chi connectivity index (χ0v) is 15.5. The molecule has 2 N–H and O–H groups in total. The minimum atomic E-state index is -0.0432. The molecule has 1 aliphatic carbocycles. The summed E-state index contributed by atoms with van der Waals surface area (Å²) < 4.78 is 0. The lowest BCUT2D eigenvalue weighted by Gasteiger charge is -2.10. The van der Waals surface area contributed by atoms with Gasteiger partial charge in [-0.3, -0.25) is 9.89 Å². The van der Waals surface area contributed by atoms with Crippen molar-refractivity contribution in [3.8, 4) is 11.1 Å². The Hall–Kier alpha value is -2.53. The largest absolute Gasteiger partial charge is 0.309 e. The van der Waals surface area contributed by atoms with Crippen LogP contribution in [0.5, 0.6) is 0 Å². The second-order valence-corrected chi connectivity index (χ2v) is 7.46. The standard InChI is InChI=1S/C21H21N3OS/c1-26-19-11-14(7-10-17(19)15-5-3-2-4-6-15)12-21(25)22-20-13-18(23-24-20)16-8-9-16/h2-7,10-11,13,16H,8-9,12H2,1H3,(H2,22,23,24,25). The number of amides is 1. The van der Waals surface area contributed by atoms with Crippen molar-refractivity contribution >= 4 is 23.5 Å². The molecule has 4 rings (SSSR count). The smallest absolute Gasteiger partial charge is 0.229 e. The second-order valence-electron chi connectivity index (χ2n) is 6.61. The molecule has 1 fully saturated rings. The number of aromatic nitrogens is 2. The molecule has 1 aliphatic rings. The van der Waals surface area contributed by atoms with Gasteiger partial charge in [-0.1, -0.05) is 42.5 Å². The maximum atomic E-state index is 12.4. The summed E-state index contributed by atoms with van der Waals surface area (Å²) in [6, 6.07) is 18.5. The first-order valence-electron chi connectivity index (χ1n) is 8.80. The molecule has 0 bridgehead atoms. The molecule has 26 heavy (non-hydrogen) atoms. The molecule has 1 amide bonds. The molecule has 0 atom stereocenters. The zero-order chi connectivity index (χ0) is 17.9. The predicted molar refractivity (Wildman–Crippen MR) is 107 cm³/mol. The van der Waals surface area contributed by atoms with Crippen molar-refractivity contribution < 1.29 is 4.79 Å². The van der Waals surface area contributed by atoms with Crippen molar-refractivity contribution in [2.24, 2.45) is 0 Å². The average molecular weight is 363 g/mol. The Morgan fingerprint density at radius 2 is 2.00 bits per heavy atom. The molecular formula is C21H21N3OS. The third-order valence-electron chi connectivity index (χ3n) is 4.60. The quantitative estimate of drug-likeness (QED) is 0.615. The van der Waals surface area contributed by atoms with Gasteiger partial charge in [0.25, 0.3) is 0 Å². The van der Waals surface area contributed by atoms with Crippen LogP contribution in [0.1, 0.15) is 30.0 Å². The van der Waals surface area contributed by atoms with Crippen LogP contribution in [-0.4, -0.2) is 22.4 Å². The highest BCUT2D eigenvalue weighted by Gasteiger charge is 2.25. The number of rotatable bonds is 6. The molecule has 0 spiro atoms. The summed E-state index contributed by atoms with van der Waals surface area (Å²) in [6.07, 6.45) is 4.82. The Labute approximate surface area is 157 Å². The van der Waals surface area contributed by atoms with E-state index < -0.39 is 0 Å². The van der Waals surface area contributed by atoms with Gasteiger partial charge >= 0.3 is 0 Å². The van der Waals surface area contributed by atoms with E-state index in [9.17, 15) is 4.79 Å². The van der Waals surface area contributed by atoms with Crippen molar-refractivity contribution in [2.75, 3.05) is 11.6 Å². The molecule has 4 nitrogen and oxygen atoms in total. The third kappa shape index (κ3) is 3.83. The molecule has 0 unspecified atom stereocenters. The lowest BCUT2D eigenvalue weighted by Crippen LogP contribution is -2.14. The molecule has 2 aromatic carbocycles. The number of benzene rings is 2. The van der Waals surface area contributed by atoms with E-state index in [-0.39, 0.29) is 5.91 Å². The Morgan fingerprint density at radius 1 is 1.19 bits per heavy atom. The highest BCUT2D eigenvalue weighted by atomic mass is 32.2. The van der Waals surface area contributed by atoms with Gasteiger partial charge in [-0.2, -0.15) is 5.10 Å². The fourth-order valence-corrected chi connectivity index (χ4v) is 3.75. The molecule has 5 heteroatoms. The number of nitrogens with one attached hydrogen (secondary N) is 2. The van der Waals surface area contributed by atoms with E-state index in [1.165, 1.54) is 28.9 Å². The van der Waals surface area contributed by atoms with Crippen LogP contribution in [-0.2, 0) is 11.2 Å². The molecule has 0 saturated heterocycles. The van der Waals surface area contributed by atoms with Crippen LogP contribution in [0.25, 0.3) is 11.1 Å². The van der Waals surface area contributed by atoms with Crippen molar-refractivity contribution in [1.82, 2.24) is 10.2 Å². The fraction of sp³-hybridized carbons (Fsp3) is 0.238. The molecule has 0 aliphatic heterocycles. The molecule has 1 heterocycles. The van der Waals surface area contributed by atoms with E-state index in [4.69, 9.17) is 0 Å². The minimum Gasteiger partial charge on any atom is -0.309 e. The summed E-state index contributed by atoms with van der Waals surface area (Å²) in [5.74, 6) is 1.17. The normalized spacial score (nSPS) is 13.6. The van der Waals surface area contributed by atoms with Gasteiger partial charge in [-0.15, -0.1) is 11.8 Å². The van der Waals surface area contributed by atoms with Crippen molar-refractivity contribution in [3.05, 3.63) is 65.9 Å². The van der Waals surface area contributed by atoms with Gasteiger partial charge in [0.15, 0.2) is 5.82 Å². The lowest BCUT2D eigenvalue weighted by molar-refractivity contribution is -0.115. The van der Waals surface area contributed by atoms with Crippen LogP contribution in [0, 0.1) is 0 Å². The van der Waals surface area contributed by atoms with Crippen LogP contribution < -0.4 is 5.32 Å². The fourth-order valence-electron chi connectivity index (χ4n) is 3.08. The van der Waals surface area contributed by atoms with Gasteiger partial charge in [0.05, 0.1) is 6.42 Å². The van der Waals surface area contributed by atoms with Gasteiger partial charge in [-0.05, 0) is 41.9 Å². The van der Waals surface area contributed by atoms with Crippen LogP contribution >= 0.6 is 11.8 Å². The van der Waals surface area contributed by atoms with E-state index in [1.807, 2.05) is 30.3 Å². The lowest BCUT2D eigenvalue weighted by atomic mass is 10.0. The number of carbonyl (C=O) groups excluding carboxylic acids is 1. The summed E-state index contributed by atoms with van der Waals surface area (Å²) >= 11 is 1.70. The first-order chi connectivity index (χ1) is 12.7. The highest BCUT2D eigenvalue weighted by molar-refractivity contribution is 7.98. The van der Waals surface area contributed by atoms with E-state index in [0.29, 0.717) is 18.2 Å². The number of anilines is 1. The monoisotopic (exact) mass is 363 g/mol. The Morgan fingerprint density at radius 3 is 2.73 bits per heavy atom. The van der Waals surface area contributed by atoms with Gasteiger partial charge < -0.3 is 5.32 Å². The molecular weight excluding hydrogens is 342 g/mol. The van der Waals surface area contributed by atoms with Crippen LogP contribution in [0.3, 0.4) is 0 Å². The summed E-state index contributed by atoms with van der Waals surface area (Å²) in [5.41, 5.74) is 4.52. The van der Waals surface area contributed by atoms with Crippen molar-refractivity contribution in [3.63, 3.8) is 0 Å². The maximum Gasteiger partial charge on any atom is 0.229 e. The van der Waals surface area contributed by atoms with Crippen LogP contribution in [0.2, 0.25) is 0 Å². The SMILES string of the molecule is CSc1cc(CC(=O)Nc2cc(C3CC3)[nH]n2)ccc1-c1ccccc1. The predicted octanol–water partition coefficient (Wildman–Crippen LogP) is 4.86. The van der Waals surface area contributed by atoms with Crippen molar-refractivity contribution in [2.45, 2.75) is 30.1 Å². The van der Waals surface area contributed by atoms with Gasteiger partial charge in [-0.25, -0.2) is 0 Å². The third-order valence-corrected chi connectivity index (χ3v) is 5.38. The number of nitrogens with zero attached hydrogens (tertiary/aromatic N) is 1. The number of hydrogen-bond acceptors (Lipinski definition) is 3. The van der Waals surface area contributed by atoms with E-state index >= 15 is 0 Å².